The molecule has 0 aliphatic carbocycles. The average molecular weight is 253 g/mol. The second kappa shape index (κ2) is 6.19. The van der Waals surface area contributed by atoms with Crippen molar-refractivity contribution in [2.75, 3.05) is 13.7 Å². The summed E-state index contributed by atoms with van der Waals surface area (Å²) in [5.74, 6) is 0.0812. The smallest absolute Gasteiger partial charge is 0.168 e. The summed E-state index contributed by atoms with van der Waals surface area (Å²) in [4.78, 5) is 0. The lowest BCUT2D eigenvalue weighted by atomic mass is 9.85. The zero-order chi connectivity index (χ0) is 13.8. The molecule has 0 aliphatic heterocycles. The minimum absolute atomic E-state index is 0.0114. The highest BCUT2D eigenvalue weighted by Crippen LogP contribution is 2.27. The lowest BCUT2D eigenvalue weighted by Gasteiger charge is -2.27. The van der Waals surface area contributed by atoms with Gasteiger partial charge in [-0.1, -0.05) is 39.8 Å². The molecule has 18 heavy (non-hydrogen) atoms. The van der Waals surface area contributed by atoms with Crippen molar-refractivity contribution in [3.8, 4) is 5.75 Å². The second-order valence-electron chi connectivity index (χ2n) is 5.81. The highest BCUT2D eigenvalue weighted by Gasteiger charge is 2.21. The topological polar surface area (TPSA) is 21.3 Å². The molecule has 0 aliphatic rings. The monoisotopic (exact) mass is 253 g/mol. The van der Waals surface area contributed by atoms with Gasteiger partial charge in [0.15, 0.2) is 11.6 Å². The molecule has 1 rings (SSSR count). The van der Waals surface area contributed by atoms with Gasteiger partial charge in [-0.05, 0) is 23.5 Å². The Hall–Kier alpha value is -1.09. The average Bonchev–Trinajstić information content (AvgIpc) is 2.29. The minimum Gasteiger partial charge on any atom is -0.494 e. The van der Waals surface area contributed by atoms with E-state index in [4.69, 9.17) is 4.74 Å². The molecule has 1 aromatic rings. The van der Waals surface area contributed by atoms with Gasteiger partial charge in [0.25, 0.3) is 0 Å². The summed E-state index contributed by atoms with van der Waals surface area (Å²) in [6, 6.07) is 5.76. The Labute approximate surface area is 110 Å². The standard InChI is InChI=1S/C15H24FNO/c1-11(2)17-10-15(3,4)9-12-7-6-8-13(18-5)14(12)16/h6-8,11,17H,9-10H2,1-5H3. The van der Waals surface area contributed by atoms with Crippen LogP contribution in [0.15, 0.2) is 18.2 Å². The largest absolute Gasteiger partial charge is 0.494 e. The summed E-state index contributed by atoms with van der Waals surface area (Å²) in [6.45, 7) is 9.37. The van der Waals surface area contributed by atoms with Gasteiger partial charge in [0.1, 0.15) is 0 Å². The van der Waals surface area contributed by atoms with E-state index in [0.29, 0.717) is 23.8 Å². The van der Waals surface area contributed by atoms with Gasteiger partial charge >= 0.3 is 0 Å². The van der Waals surface area contributed by atoms with E-state index in [2.05, 4.69) is 33.0 Å². The molecule has 0 aromatic heterocycles. The van der Waals surface area contributed by atoms with Crippen molar-refractivity contribution in [3.63, 3.8) is 0 Å². The Morgan fingerprint density at radius 1 is 1.33 bits per heavy atom. The molecule has 0 amide bonds. The molecule has 0 spiro atoms. The first-order valence-corrected chi connectivity index (χ1v) is 6.40. The van der Waals surface area contributed by atoms with Gasteiger partial charge in [0.05, 0.1) is 7.11 Å². The Morgan fingerprint density at radius 3 is 2.56 bits per heavy atom. The number of methoxy groups -OCH3 is 1. The first-order valence-electron chi connectivity index (χ1n) is 6.40. The van der Waals surface area contributed by atoms with Gasteiger partial charge < -0.3 is 10.1 Å². The molecule has 1 aromatic carbocycles. The van der Waals surface area contributed by atoms with Crippen LogP contribution in [0.2, 0.25) is 0 Å². The molecule has 0 saturated heterocycles. The maximum Gasteiger partial charge on any atom is 0.168 e. The summed E-state index contributed by atoms with van der Waals surface area (Å²) in [7, 11) is 1.49. The zero-order valence-electron chi connectivity index (χ0n) is 12.0. The maximum absolute atomic E-state index is 14.1. The van der Waals surface area contributed by atoms with Crippen LogP contribution in [0.3, 0.4) is 0 Å². The molecular formula is C15H24FNO. The quantitative estimate of drug-likeness (QED) is 0.839. The molecule has 0 bridgehead atoms. The van der Waals surface area contributed by atoms with E-state index in [9.17, 15) is 4.39 Å². The number of hydrogen-bond acceptors (Lipinski definition) is 2. The van der Waals surface area contributed by atoms with Crippen LogP contribution in [-0.4, -0.2) is 19.7 Å². The van der Waals surface area contributed by atoms with Crippen LogP contribution in [0.4, 0.5) is 4.39 Å². The van der Waals surface area contributed by atoms with Crippen molar-refractivity contribution in [2.24, 2.45) is 5.41 Å². The molecule has 0 radical (unpaired) electrons. The normalized spacial score (nSPS) is 11.9. The number of nitrogens with one attached hydrogen (secondary N) is 1. The van der Waals surface area contributed by atoms with Gasteiger partial charge in [0, 0.05) is 12.6 Å². The fourth-order valence-electron chi connectivity index (χ4n) is 1.91. The van der Waals surface area contributed by atoms with Gasteiger partial charge in [-0.15, -0.1) is 0 Å². The number of ether oxygens (including phenoxy) is 1. The van der Waals surface area contributed by atoms with Gasteiger partial charge in [-0.3, -0.25) is 0 Å². The molecule has 0 fully saturated rings. The molecule has 2 nitrogen and oxygen atoms in total. The minimum atomic E-state index is -0.238. The highest BCUT2D eigenvalue weighted by atomic mass is 19.1. The predicted molar refractivity (Wildman–Crippen MR) is 73.6 cm³/mol. The van der Waals surface area contributed by atoms with Crippen LogP contribution in [0.1, 0.15) is 33.3 Å². The van der Waals surface area contributed by atoms with Crippen LogP contribution in [-0.2, 0) is 6.42 Å². The SMILES string of the molecule is COc1cccc(CC(C)(C)CNC(C)C)c1F. The number of halogens is 1. The van der Waals surface area contributed by atoms with Gasteiger partial charge in [-0.2, -0.15) is 0 Å². The number of rotatable bonds is 6. The summed E-state index contributed by atoms with van der Waals surface area (Å²) in [6.07, 6.45) is 0.690. The van der Waals surface area contributed by atoms with E-state index in [-0.39, 0.29) is 11.2 Å². The Kier molecular flexibility index (Phi) is 5.15. The van der Waals surface area contributed by atoms with E-state index in [1.165, 1.54) is 7.11 Å². The van der Waals surface area contributed by atoms with E-state index in [0.717, 1.165) is 6.54 Å². The number of benzene rings is 1. The second-order valence-corrected chi connectivity index (χ2v) is 5.81. The van der Waals surface area contributed by atoms with Crippen LogP contribution in [0.25, 0.3) is 0 Å². The van der Waals surface area contributed by atoms with Crippen molar-refractivity contribution in [1.82, 2.24) is 5.32 Å². The Balaban J connectivity index is 2.77. The van der Waals surface area contributed by atoms with E-state index >= 15 is 0 Å². The van der Waals surface area contributed by atoms with Crippen molar-refractivity contribution in [3.05, 3.63) is 29.6 Å². The molecule has 1 N–H and O–H groups in total. The summed E-state index contributed by atoms with van der Waals surface area (Å²) < 4.78 is 19.1. The van der Waals surface area contributed by atoms with E-state index in [1.807, 2.05) is 12.1 Å². The molecule has 0 heterocycles. The zero-order valence-corrected chi connectivity index (χ0v) is 12.0. The Bertz CT molecular complexity index is 388. The maximum atomic E-state index is 14.1. The van der Waals surface area contributed by atoms with E-state index in [1.54, 1.807) is 6.07 Å². The molecule has 0 atom stereocenters. The molecule has 102 valence electrons. The van der Waals surface area contributed by atoms with Gasteiger partial charge in [-0.25, -0.2) is 4.39 Å². The molecule has 0 saturated carbocycles. The Morgan fingerprint density at radius 2 is 2.00 bits per heavy atom. The van der Waals surface area contributed by atoms with Crippen LogP contribution < -0.4 is 10.1 Å². The highest BCUT2D eigenvalue weighted by molar-refractivity contribution is 5.31. The van der Waals surface area contributed by atoms with Crippen molar-refractivity contribution in [2.45, 2.75) is 40.2 Å². The van der Waals surface area contributed by atoms with Crippen molar-refractivity contribution >= 4 is 0 Å². The third kappa shape index (κ3) is 4.30. The van der Waals surface area contributed by atoms with Crippen LogP contribution in [0.5, 0.6) is 5.75 Å². The van der Waals surface area contributed by atoms with Crippen molar-refractivity contribution in [1.29, 1.82) is 0 Å². The summed E-state index contributed by atoms with van der Waals surface area (Å²) in [5.41, 5.74) is 0.724. The lowest BCUT2D eigenvalue weighted by Crippen LogP contribution is -2.35. The molecular weight excluding hydrogens is 229 g/mol. The molecule has 0 unspecified atom stereocenters. The van der Waals surface area contributed by atoms with Crippen LogP contribution >= 0.6 is 0 Å². The third-order valence-corrected chi connectivity index (χ3v) is 2.92. The fourth-order valence-corrected chi connectivity index (χ4v) is 1.91. The first-order chi connectivity index (χ1) is 8.35. The summed E-state index contributed by atoms with van der Waals surface area (Å²) >= 11 is 0. The lowest BCUT2D eigenvalue weighted by molar-refractivity contribution is 0.318. The third-order valence-electron chi connectivity index (χ3n) is 2.92. The summed E-state index contributed by atoms with van der Waals surface area (Å²) in [5, 5.41) is 3.40. The predicted octanol–water partition coefficient (Wildman–Crippen LogP) is 3.40. The fraction of sp³-hybridized carbons (Fsp3) is 0.600. The van der Waals surface area contributed by atoms with Gasteiger partial charge in [0.2, 0.25) is 0 Å². The van der Waals surface area contributed by atoms with E-state index < -0.39 is 0 Å². The van der Waals surface area contributed by atoms with Crippen LogP contribution in [0, 0.1) is 11.2 Å². The first kappa shape index (κ1) is 15.0. The molecule has 3 heteroatoms. The number of hydrogen-bond donors (Lipinski definition) is 1. The van der Waals surface area contributed by atoms with Crippen molar-refractivity contribution < 1.29 is 9.13 Å².